The van der Waals surface area contributed by atoms with Gasteiger partial charge in [-0.2, -0.15) is 11.8 Å². The fourth-order valence-corrected chi connectivity index (χ4v) is 3.77. The Morgan fingerprint density at radius 1 is 1.37 bits per heavy atom. The quantitative estimate of drug-likeness (QED) is 0.924. The summed E-state index contributed by atoms with van der Waals surface area (Å²) in [5.41, 5.74) is 7.33. The van der Waals surface area contributed by atoms with Crippen molar-refractivity contribution in [2.45, 2.75) is 44.0 Å². The number of hydrogen-bond acceptors (Lipinski definition) is 4. The Balaban J connectivity index is 2.16. The van der Waals surface area contributed by atoms with E-state index < -0.39 is 0 Å². The second-order valence-electron chi connectivity index (χ2n) is 5.95. The van der Waals surface area contributed by atoms with E-state index in [0.717, 1.165) is 18.8 Å². The highest BCUT2D eigenvalue weighted by atomic mass is 32.2. The Labute approximate surface area is 121 Å². The molecule has 1 saturated heterocycles. The van der Waals surface area contributed by atoms with Crippen molar-refractivity contribution in [3.05, 3.63) is 30.1 Å². The average molecular weight is 279 g/mol. The summed E-state index contributed by atoms with van der Waals surface area (Å²) in [4.78, 5) is 7.02. The minimum atomic E-state index is 0.0983. The van der Waals surface area contributed by atoms with Gasteiger partial charge in [-0.1, -0.05) is 19.9 Å². The molecule has 2 atom stereocenters. The summed E-state index contributed by atoms with van der Waals surface area (Å²) in [6.07, 6.45) is 3.06. The molecule has 1 fully saturated rings. The summed E-state index contributed by atoms with van der Waals surface area (Å²) in [6.45, 7) is 8.95. The third-order valence-corrected chi connectivity index (χ3v) is 5.13. The number of rotatable bonds is 3. The van der Waals surface area contributed by atoms with Crippen LogP contribution < -0.4 is 5.73 Å². The van der Waals surface area contributed by atoms with Crippen LogP contribution in [0.4, 0.5) is 0 Å². The smallest absolute Gasteiger partial charge is 0.0671 e. The minimum Gasteiger partial charge on any atom is -0.326 e. The van der Waals surface area contributed by atoms with Crippen LogP contribution in [0, 0.1) is 0 Å². The maximum Gasteiger partial charge on any atom is 0.0671 e. The van der Waals surface area contributed by atoms with Crippen LogP contribution in [0.2, 0.25) is 0 Å². The molecule has 4 heteroatoms. The van der Waals surface area contributed by atoms with Gasteiger partial charge in [0.2, 0.25) is 0 Å². The SMILES string of the molecule is CC(N)C(c1ccccn1)N1CCSC(C)(C)CC1. The van der Waals surface area contributed by atoms with Crippen molar-refractivity contribution in [1.29, 1.82) is 0 Å². The van der Waals surface area contributed by atoms with Gasteiger partial charge in [0.25, 0.3) is 0 Å². The van der Waals surface area contributed by atoms with Crippen LogP contribution in [0.15, 0.2) is 24.4 Å². The molecular formula is C15H25N3S. The fourth-order valence-electron chi connectivity index (χ4n) is 2.65. The van der Waals surface area contributed by atoms with E-state index in [9.17, 15) is 0 Å². The lowest BCUT2D eigenvalue weighted by Gasteiger charge is -2.33. The number of aromatic nitrogens is 1. The van der Waals surface area contributed by atoms with Gasteiger partial charge in [-0.3, -0.25) is 9.88 Å². The van der Waals surface area contributed by atoms with Crippen LogP contribution >= 0.6 is 11.8 Å². The summed E-state index contributed by atoms with van der Waals surface area (Å²) >= 11 is 2.07. The van der Waals surface area contributed by atoms with E-state index in [-0.39, 0.29) is 12.1 Å². The predicted octanol–water partition coefficient (Wildman–Crippen LogP) is 2.69. The molecule has 0 saturated carbocycles. The first-order valence-electron chi connectivity index (χ1n) is 7.04. The maximum absolute atomic E-state index is 6.23. The van der Waals surface area contributed by atoms with Crippen molar-refractivity contribution in [3.8, 4) is 0 Å². The second-order valence-corrected chi connectivity index (χ2v) is 7.75. The molecule has 1 aromatic rings. The Morgan fingerprint density at radius 2 is 2.16 bits per heavy atom. The van der Waals surface area contributed by atoms with Crippen molar-refractivity contribution >= 4 is 11.8 Å². The lowest BCUT2D eigenvalue weighted by Crippen LogP contribution is -2.41. The van der Waals surface area contributed by atoms with Crippen LogP contribution in [-0.4, -0.2) is 39.5 Å². The molecule has 1 aromatic heterocycles. The van der Waals surface area contributed by atoms with Gasteiger partial charge in [0.15, 0.2) is 0 Å². The lowest BCUT2D eigenvalue weighted by atomic mass is 10.0. The third-order valence-electron chi connectivity index (χ3n) is 3.75. The molecule has 0 radical (unpaired) electrons. The summed E-state index contributed by atoms with van der Waals surface area (Å²) in [7, 11) is 0. The molecule has 0 aromatic carbocycles. The molecule has 0 bridgehead atoms. The van der Waals surface area contributed by atoms with E-state index in [2.05, 4.69) is 48.5 Å². The largest absolute Gasteiger partial charge is 0.326 e. The summed E-state index contributed by atoms with van der Waals surface area (Å²) in [5, 5.41) is 0. The van der Waals surface area contributed by atoms with Gasteiger partial charge in [-0.25, -0.2) is 0 Å². The first kappa shape index (κ1) is 14.8. The molecule has 2 rings (SSSR count). The monoisotopic (exact) mass is 279 g/mol. The Kier molecular flexibility index (Phi) is 4.87. The summed E-state index contributed by atoms with van der Waals surface area (Å²) < 4.78 is 0.376. The van der Waals surface area contributed by atoms with Crippen molar-refractivity contribution in [2.75, 3.05) is 18.8 Å². The van der Waals surface area contributed by atoms with E-state index in [1.54, 1.807) is 0 Å². The average Bonchev–Trinajstić information content (AvgIpc) is 2.52. The fraction of sp³-hybridized carbons (Fsp3) is 0.667. The van der Waals surface area contributed by atoms with Crippen LogP contribution in [0.25, 0.3) is 0 Å². The highest BCUT2D eigenvalue weighted by Gasteiger charge is 2.30. The Morgan fingerprint density at radius 3 is 2.79 bits per heavy atom. The molecule has 3 nitrogen and oxygen atoms in total. The zero-order valence-corrected chi connectivity index (χ0v) is 13.0. The van der Waals surface area contributed by atoms with Gasteiger partial charge in [0.05, 0.1) is 11.7 Å². The molecule has 0 spiro atoms. The minimum absolute atomic E-state index is 0.0983. The molecule has 19 heavy (non-hydrogen) atoms. The van der Waals surface area contributed by atoms with Gasteiger partial charge in [-0.05, 0) is 25.5 Å². The summed E-state index contributed by atoms with van der Waals surface area (Å²) in [6, 6.07) is 6.44. The standard InChI is InChI=1S/C15H25N3S/c1-12(16)14(13-6-4-5-8-17-13)18-9-7-15(2,3)19-11-10-18/h4-6,8,12,14H,7,9-11,16H2,1-3H3. The first-order valence-corrected chi connectivity index (χ1v) is 8.03. The van der Waals surface area contributed by atoms with Crippen molar-refractivity contribution in [3.63, 3.8) is 0 Å². The molecule has 106 valence electrons. The van der Waals surface area contributed by atoms with Crippen LogP contribution in [0.1, 0.15) is 38.9 Å². The molecule has 0 aliphatic carbocycles. The number of hydrogen-bond donors (Lipinski definition) is 1. The van der Waals surface area contributed by atoms with Gasteiger partial charge in [-0.15, -0.1) is 0 Å². The van der Waals surface area contributed by atoms with Crippen LogP contribution in [-0.2, 0) is 0 Å². The predicted molar refractivity (Wildman–Crippen MR) is 83.4 cm³/mol. The highest BCUT2D eigenvalue weighted by Crippen LogP contribution is 2.33. The zero-order chi connectivity index (χ0) is 13.9. The Hall–Kier alpha value is -0.580. The second kappa shape index (κ2) is 6.25. The van der Waals surface area contributed by atoms with E-state index in [4.69, 9.17) is 5.73 Å². The normalized spacial score (nSPS) is 23.6. The Bertz CT molecular complexity index is 392. The molecule has 1 aliphatic rings. The van der Waals surface area contributed by atoms with Crippen LogP contribution in [0.5, 0.6) is 0 Å². The molecule has 2 N–H and O–H groups in total. The van der Waals surface area contributed by atoms with Gasteiger partial charge in [0.1, 0.15) is 0 Å². The molecular weight excluding hydrogens is 254 g/mol. The van der Waals surface area contributed by atoms with E-state index in [1.807, 2.05) is 18.3 Å². The number of nitrogens with two attached hydrogens (primary N) is 1. The molecule has 2 heterocycles. The van der Waals surface area contributed by atoms with Gasteiger partial charge in [0, 0.05) is 35.8 Å². The topological polar surface area (TPSA) is 42.1 Å². The highest BCUT2D eigenvalue weighted by molar-refractivity contribution is 8.00. The van der Waals surface area contributed by atoms with Crippen molar-refractivity contribution in [1.82, 2.24) is 9.88 Å². The van der Waals surface area contributed by atoms with E-state index in [0.29, 0.717) is 4.75 Å². The summed E-state index contributed by atoms with van der Waals surface area (Å²) in [5.74, 6) is 1.17. The van der Waals surface area contributed by atoms with Gasteiger partial charge < -0.3 is 5.73 Å². The van der Waals surface area contributed by atoms with Crippen molar-refractivity contribution in [2.24, 2.45) is 5.73 Å². The number of pyridine rings is 1. The number of thioether (sulfide) groups is 1. The van der Waals surface area contributed by atoms with E-state index in [1.165, 1.54) is 12.2 Å². The van der Waals surface area contributed by atoms with Gasteiger partial charge >= 0.3 is 0 Å². The lowest BCUT2D eigenvalue weighted by molar-refractivity contribution is 0.181. The van der Waals surface area contributed by atoms with Crippen LogP contribution in [0.3, 0.4) is 0 Å². The molecule has 2 unspecified atom stereocenters. The zero-order valence-electron chi connectivity index (χ0n) is 12.2. The van der Waals surface area contributed by atoms with E-state index >= 15 is 0 Å². The van der Waals surface area contributed by atoms with Crippen molar-refractivity contribution < 1.29 is 0 Å². The molecule has 0 amide bonds. The first-order chi connectivity index (χ1) is 8.99. The third kappa shape index (κ3) is 3.94. The number of nitrogens with zero attached hydrogens (tertiary/aromatic N) is 2. The maximum atomic E-state index is 6.23. The molecule has 1 aliphatic heterocycles.